The predicted molar refractivity (Wildman–Crippen MR) is 70.1 cm³/mol. The Hall–Kier alpha value is -0.700. The lowest BCUT2D eigenvalue weighted by atomic mass is 10.2. The summed E-state index contributed by atoms with van der Waals surface area (Å²) < 4.78 is 1.29. The summed E-state index contributed by atoms with van der Waals surface area (Å²) in [7, 11) is 0. The Morgan fingerprint density at radius 1 is 1.40 bits per heavy atom. The first-order valence-electron chi connectivity index (χ1n) is 4.45. The van der Waals surface area contributed by atoms with Crippen LogP contribution in [0.3, 0.4) is 0 Å². The zero-order valence-corrected chi connectivity index (χ0v) is 10.2. The SMILES string of the molecule is ClC=C(Cl)CNc1ccc2sccc2c1. The molecule has 15 heavy (non-hydrogen) atoms. The second-order valence-electron chi connectivity index (χ2n) is 3.08. The maximum absolute atomic E-state index is 5.78. The first kappa shape index (κ1) is 10.8. The Morgan fingerprint density at radius 3 is 3.07 bits per heavy atom. The van der Waals surface area contributed by atoms with Gasteiger partial charge in [-0.05, 0) is 35.0 Å². The first-order chi connectivity index (χ1) is 7.29. The van der Waals surface area contributed by atoms with Crippen LogP contribution in [-0.4, -0.2) is 6.54 Å². The van der Waals surface area contributed by atoms with E-state index in [4.69, 9.17) is 23.2 Å². The number of nitrogens with one attached hydrogen (secondary N) is 1. The highest BCUT2D eigenvalue weighted by atomic mass is 35.5. The van der Waals surface area contributed by atoms with Crippen LogP contribution in [0.1, 0.15) is 0 Å². The van der Waals surface area contributed by atoms with Gasteiger partial charge in [0.25, 0.3) is 0 Å². The van der Waals surface area contributed by atoms with Crippen LogP contribution in [0.15, 0.2) is 40.2 Å². The number of halogens is 2. The molecular formula is C11H9Cl2NS. The van der Waals surface area contributed by atoms with Crippen molar-refractivity contribution in [2.75, 3.05) is 11.9 Å². The zero-order chi connectivity index (χ0) is 10.7. The molecule has 0 aliphatic carbocycles. The van der Waals surface area contributed by atoms with Crippen LogP contribution in [0.4, 0.5) is 5.69 Å². The maximum atomic E-state index is 5.78. The molecule has 1 N–H and O–H groups in total. The molecule has 0 bridgehead atoms. The van der Waals surface area contributed by atoms with E-state index in [1.807, 2.05) is 6.07 Å². The Balaban J connectivity index is 2.14. The zero-order valence-electron chi connectivity index (χ0n) is 7.84. The molecule has 0 fully saturated rings. The van der Waals surface area contributed by atoms with Gasteiger partial charge in [0.05, 0.1) is 6.54 Å². The van der Waals surface area contributed by atoms with E-state index >= 15 is 0 Å². The molecule has 0 saturated heterocycles. The summed E-state index contributed by atoms with van der Waals surface area (Å²) in [6.45, 7) is 0.556. The van der Waals surface area contributed by atoms with Gasteiger partial charge in [-0.2, -0.15) is 0 Å². The van der Waals surface area contributed by atoms with E-state index in [1.54, 1.807) is 11.3 Å². The lowest BCUT2D eigenvalue weighted by molar-refractivity contribution is 1.32. The molecule has 0 aliphatic heterocycles. The van der Waals surface area contributed by atoms with Crippen LogP contribution in [0.2, 0.25) is 0 Å². The maximum Gasteiger partial charge on any atom is 0.0516 e. The Labute approximate surface area is 102 Å². The van der Waals surface area contributed by atoms with E-state index in [1.165, 1.54) is 15.6 Å². The van der Waals surface area contributed by atoms with E-state index in [2.05, 4.69) is 28.9 Å². The van der Waals surface area contributed by atoms with Crippen LogP contribution < -0.4 is 5.32 Å². The van der Waals surface area contributed by atoms with Gasteiger partial charge >= 0.3 is 0 Å². The fraction of sp³-hybridized carbons (Fsp3) is 0.0909. The average Bonchev–Trinajstić information content (AvgIpc) is 2.72. The largest absolute Gasteiger partial charge is 0.380 e. The van der Waals surface area contributed by atoms with Crippen molar-refractivity contribution in [3.63, 3.8) is 0 Å². The third kappa shape index (κ3) is 2.65. The summed E-state index contributed by atoms with van der Waals surface area (Å²) in [5, 5.41) is 7.13. The lowest BCUT2D eigenvalue weighted by Gasteiger charge is -2.04. The normalized spacial score (nSPS) is 12.0. The number of rotatable bonds is 3. The van der Waals surface area contributed by atoms with Gasteiger partial charge in [0.2, 0.25) is 0 Å². The Morgan fingerprint density at radius 2 is 2.27 bits per heavy atom. The molecule has 1 heterocycles. The molecule has 1 aromatic carbocycles. The topological polar surface area (TPSA) is 12.0 Å². The van der Waals surface area contributed by atoms with Gasteiger partial charge < -0.3 is 5.32 Å². The minimum Gasteiger partial charge on any atom is -0.380 e. The molecule has 2 aromatic rings. The van der Waals surface area contributed by atoms with Crippen LogP contribution in [0.5, 0.6) is 0 Å². The number of hydrogen-bond donors (Lipinski definition) is 1. The van der Waals surface area contributed by atoms with Crippen LogP contribution in [0.25, 0.3) is 10.1 Å². The summed E-state index contributed by atoms with van der Waals surface area (Å²) in [6.07, 6.45) is 0. The Kier molecular flexibility index (Phi) is 3.52. The number of fused-ring (bicyclic) bond motifs is 1. The smallest absolute Gasteiger partial charge is 0.0516 e. The molecule has 0 radical (unpaired) electrons. The van der Waals surface area contributed by atoms with Crippen LogP contribution in [0, 0.1) is 0 Å². The number of hydrogen-bond acceptors (Lipinski definition) is 2. The van der Waals surface area contributed by atoms with Gasteiger partial charge in [-0.25, -0.2) is 0 Å². The summed E-state index contributed by atoms with van der Waals surface area (Å²) in [5.41, 5.74) is 2.43. The van der Waals surface area contributed by atoms with Gasteiger partial charge in [-0.15, -0.1) is 11.3 Å². The molecule has 4 heteroatoms. The van der Waals surface area contributed by atoms with Crippen molar-refractivity contribution in [3.8, 4) is 0 Å². The average molecular weight is 258 g/mol. The second kappa shape index (κ2) is 4.88. The number of anilines is 1. The van der Waals surface area contributed by atoms with Gasteiger partial charge in [0.1, 0.15) is 0 Å². The fourth-order valence-corrected chi connectivity index (χ4v) is 2.22. The molecule has 0 unspecified atom stereocenters. The van der Waals surface area contributed by atoms with Crippen molar-refractivity contribution >= 4 is 50.3 Å². The van der Waals surface area contributed by atoms with Crippen molar-refractivity contribution in [3.05, 3.63) is 40.2 Å². The van der Waals surface area contributed by atoms with Gasteiger partial charge in [0.15, 0.2) is 0 Å². The molecule has 0 atom stereocenters. The van der Waals surface area contributed by atoms with Crippen molar-refractivity contribution in [2.24, 2.45) is 0 Å². The third-order valence-electron chi connectivity index (χ3n) is 2.03. The molecule has 0 amide bonds. The standard InChI is InChI=1S/C11H9Cl2NS/c12-6-9(13)7-14-10-1-2-11-8(5-10)3-4-15-11/h1-6,14H,7H2. The van der Waals surface area contributed by atoms with E-state index in [0.717, 1.165) is 5.69 Å². The molecule has 1 aromatic heterocycles. The highest BCUT2D eigenvalue weighted by Crippen LogP contribution is 2.24. The molecule has 1 nitrogen and oxygen atoms in total. The van der Waals surface area contributed by atoms with E-state index in [9.17, 15) is 0 Å². The van der Waals surface area contributed by atoms with E-state index in [-0.39, 0.29) is 0 Å². The molecular weight excluding hydrogens is 249 g/mol. The summed E-state index contributed by atoms with van der Waals surface area (Å²) >= 11 is 13.0. The lowest BCUT2D eigenvalue weighted by Crippen LogP contribution is -2.00. The highest BCUT2D eigenvalue weighted by molar-refractivity contribution is 7.17. The second-order valence-corrected chi connectivity index (χ2v) is 4.73. The Bertz CT molecular complexity index is 490. The summed E-state index contributed by atoms with van der Waals surface area (Å²) in [4.78, 5) is 0. The van der Waals surface area contributed by atoms with E-state index < -0.39 is 0 Å². The molecule has 0 spiro atoms. The van der Waals surface area contributed by atoms with Crippen LogP contribution >= 0.6 is 34.5 Å². The predicted octanol–water partition coefficient (Wildman–Crippen LogP) is 4.63. The quantitative estimate of drug-likeness (QED) is 0.846. The van der Waals surface area contributed by atoms with Crippen molar-refractivity contribution in [1.29, 1.82) is 0 Å². The highest BCUT2D eigenvalue weighted by Gasteiger charge is 1.97. The van der Waals surface area contributed by atoms with E-state index in [0.29, 0.717) is 11.6 Å². The minimum atomic E-state index is 0.556. The fourth-order valence-electron chi connectivity index (χ4n) is 1.30. The molecule has 78 valence electrons. The first-order valence-corrected chi connectivity index (χ1v) is 6.15. The summed E-state index contributed by atoms with van der Waals surface area (Å²) in [6, 6.07) is 8.34. The molecule has 0 aliphatic rings. The van der Waals surface area contributed by atoms with Crippen molar-refractivity contribution in [1.82, 2.24) is 0 Å². The third-order valence-corrected chi connectivity index (χ3v) is 3.55. The van der Waals surface area contributed by atoms with Gasteiger partial charge in [-0.1, -0.05) is 23.2 Å². The number of thiophene rings is 1. The molecule has 2 rings (SSSR count). The minimum absolute atomic E-state index is 0.556. The molecule has 0 saturated carbocycles. The monoisotopic (exact) mass is 257 g/mol. The van der Waals surface area contributed by atoms with Crippen molar-refractivity contribution < 1.29 is 0 Å². The van der Waals surface area contributed by atoms with Gasteiger partial charge in [-0.3, -0.25) is 0 Å². The summed E-state index contributed by atoms with van der Waals surface area (Å²) in [5.74, 6) is 0. The number of benzene rings is 1. The van der Waals surface area contributed by atoms with Crippen LogP contribution in [-0.2, 0) is 0 Å². The van der Waals surface area contributed by atoms with Crippen molar-refractivity contribution in [2.45, 2.75) is 0 Å². The van der Waals surface area contributed by atoms with Gasteiger partial charge in [0, 0.05) is 21.0 Å².